The Bertz CT molecular complexity index is 1560. The second-order valence-electron chi connectivity index (χ2n) is 9.75. The third-order valence-corrected chi connectivity index (χ3v) is 5.76. The molecule has 2 aromatic carbocycles. The number of benzene rings is 2. The second-order valence-corrected chi connectivity index (χ2v) is 9.75. The van der Waals surface area contributed by atoms with E-state index in [9.17, 15) is 27.6 Å². The molecule has 14 heteroatoms. The number of carbonyl (C=O) groups is 3. The number of rotatable bonds is 8. The van der Waals surface area contributed by atoms with Crippen molar-refractivity contribution in [2.24, 2.45) is 11.1 Å². The maximum Gasteiger partial charge on any atom is 0.306 e. The molecule has 39 heavy (non-hydrogen) atoms. The molecule has 4 N–H and O–H groups in total. The lowest BCUT2D eigenvalue weighted by molar-refractivity contribution is -0.125. The molecule has 0 saturated carbocycles. The lowest BCUT2D eigenvalue weighted by Gasteiger charge is -2.30. The Morgan fingerprint density at radius 2 is 1.74 bits per heavy atom. The summed E-state index contributed by atoms with van der Waals surface area (Å²) in [5, 5.41) is 16.5. The molecule has 0 spiro atoms. The Morgan fingerprint density at radius 3 is 2.36 bits per heavy atom. The Kier molecular flexibility index (Phi) is 7.38. The van der Waals surface area contributed by atoms with Gasteiger partial charge >= 0.3 is 11.8 Å². The summed E-state index contributed by atoms with van der Waals surface area (Å²) < 4.78 is 48.4. The smallest absolute Gasteiger partial charge is 0.306 e. The topological polar surface area (TPSA) is 158 Å². The second kappa shape index (κ2) is 10.6. The van der Waals surface area contributed by atoms with E-state index in [-0.39, 0.29) is 35.6 Å². The van der Waals surface area contributed by atoms with E-state index >= 15 is 0 Å². The third kappa shape index (κ3) is 5.89. The Morgan fingerprint density at radius 1 is 1.05 bits per heavy atom. The van der Waals surface area contributed by atoms with Crippen LogP contribution < -0.4 is 16.4 Å². The largest absolute Gasteiger partial charge is 0.415 e. The first-order valence-electron chi connectivity index (χ1n) is 11.6. The number of nitrogens with two attached hydrogens (primary N) is 1. The predicted octanol–water partition coefficient (Wildman–Crippen LogP) is 2.44. The number of halogens is 3. The summed E-state index contributed by atoms with van der Waals surface area (Å²) in [6, 6.07) is 6.30. The van der Waals surface area contributed by atoms with Crippen LogP contribution in [0.25, 0.3) is 10.9 Å². The van der Waals surface area contributed by atoms with E-state index in [0.717, 1.165) is 10.7 Å². The standard InChI is InChI=1S/C25H24F3N7O4/c1-25(2,3)20(23(38)30-10-16-32-33-24(39-16)21(29)36)31-22(37)18-14-8-9-15(27)17(28)19(14)35(34-18)11-12-4-6-13(26)7-5-12/h4-9,20H,10-11H2,1-3H3,(H2,29,36)(H,30,38)(H,31,37)/t20-/m1/s1. The number of hydrogen-bond donors (Lipinski definition) is 3. The third-order valence-electron chi connectivity index (χ3n) is 5.76. The normalized spacial score (nSPS) is 12.4. The monoisotopic (exact) mass is 543 g/mol. The molecule has 0 bridgehead atoms. The van der Waals surface area contributed by atoms with Gasteiger partial charge in [-0.1, -0.05) is 32.9 Å². The first-order chi connectivity index (χ1) is 18.3. The highest BCUT2D eigenvalue weighted by atomic mass is 19.2. The molecule has 204 valence electrons. The van der Waals surface area contributed by atoms with Gasteiger partial charge in [0.25, 0.3) is 5.91 Å². The molecule has 0 fully saturated rings. The zero-order valence-corrected chi connectivity index (χ0v) is 21.1. The molecule has 3 amide bonds. The van der Waals surface area contributed by atoms with Crippen LogP contribution in [-0.4, -0.2) is 43.7 Å². The van der Waals surface area contributed by atoms with E-state index in [4.69, 9.17) is 10.2 Å². The zero-order valence-electron chi connectivity index (χ0n) is 21.1. The molecule has 4 aromatic rings. The van der Waals surface area contributed by atoms with Crippen molar-refractivity contribution in [3.63, 3.8) is 0 Å². The maximum absolute atomic E-state index is 14.9. The van der Waals surface area contributed by atoms with Crippen LogP contribution in [0.15, 0.2) is 40.8 Å². The average Bonchev–Trinajstić information content (AvgIpc) is 3.49. The van der Waals surface area contributed by atoms with Gasteiger partial charge in [0.1, 0.15) is 17.4 Å². The van der Waals surface area contributed by atoms with Crippen LogP contribution in [0.4, 0.5) is 13.2 Å². The highest BCUT2D eigenvalue weighted by molar-refractivity contribution is 6.06. The van der Waals surface area contributed by atoms with Crippen molar-refractivity contribution in [2.45, 2.75) is 39.9 Å². The predicted molar refractivity (Wildman–Crippen MR) is 131 cm³/mol. The van der Waals surface area contributed by atoms with Crippen molar-refractivity contribution in [2.75, 3.05) is 0 Å². The number of amides is 3. The van der Waals surface area contributed by atoms with Crippen LogP contribution in [0, 0.1) is 22.9 Å². The molecule has 11 nitrogen and oxygen atoms in total. The highest BCUT2D eigenvalue weighted by Gasteiger charge is 2.34. The lowest BCUT2D eigenvalue weighted by Crippen LogP contribution is -2.53. The molecule has 0 saturated heterocycles. The molecule has 0 radical (unpaired) electrons. The van der Waals surface area contributed by atoms with Crippen molar-refractivity contribution in [3.05, 3.63) is 76.9 Å². The Balaban J connectivity index is 1.61. The number of primary amides is 1. The molecule has 2 aromatic heterocycles. The summed E-state index contributed by atoms with van der Waals surface area (Å²) in [7, 11) is 0. The molecule has 0 aliphatic carbocycles. The Hall–Kier alpha value is -4.75. The summed E-state index contributed by atoms with van der Waals surface area (Å²) in [5.74, 6) is -5.69. The molecule has 0 unspecified atom stereocenters. The fourth-order valence-electron chi connectivity index (χ4n) is 3.82. The molecule has 0 aliphatic rings. The summed E-state index contributed by atoms with van der Waals surface area (Å²) in [4.78, 5) is 37.5. The molecule has 2 heterocycles. The van der Waals surface area contributed by atoms with Crippen LogP contribution in [0.5, 0.6) is 0 Å². The van der Waals surface area contributed by atoms with Gasteiger partial charge in [0, 0.05) is 5.39 Å². The fourth-order valence-corrected chi connectivity index (χ4v) is 3.82. The first kappa shape index (κ1) is 27.3. The van der Waals surface area contributed by atoms with Crippen molar-refractivity contribution in [3.8, 4) is 0 Å². The maximum atomic E-state index is 14.9. The lowest BCUT2D eigenvalue weighted by atomic mass is 9.86. The SMILES string of the molecule is CC(C)(C)[C@H](NC(=O)c1nn(Cc2ccc(F)cc2)c2c(F)c(F)ccc12)C(=O)NCc1nnc(C(N)=O)o1. The number of carbonyl (C=O) groups excluding carboxylic acids is 3. The van der Waals surface area contributed by atoms with Gasteiger partial charge in [-0.15, -0.1) is 10.2 Å². The summed E-state index contributed by atoms with van der Waals surface area (Å²) in [6.45, 7) is 4.79. The highest BCUT2D eigenvalue weighted by Crippen LogP contribution is 2.26. The number of hydrogen-bond acceptors (Lipinski definition) is 7. The van der Waals surface area contributed by atoms with Crippen LogP contribution in [0.3, 0.4) is 0 Å². The van der Waals surface area contributed by atoms with Crippen LogP contribution in [0.2, 0.25) is 0 Å². The van der Waals surface area contributed by atoms with Crippen LogP contribution in [0.1, 0.15) is 53.4 Å². The van der Waals surface area contributed by atoms with E-state index in [1.54, 1.807) is 20.8 Å². The number of fused-ring (bicyclic) bond motifs is 1. The van der Waals surface area contributed by atoms with Gasteiger partial charge in [-0.25, -0.2) is 13.2 Å². The number of nitrogens with one attached hydrogen (secondary N) is 2. The fraction of sp³-hybridized carbons (Fsp3) is 0.280. The minimum Gasteiger partial charge on any atom is -0.415 e. The van der Waals surface area contributed by atoms with Crippen molar-refractivity contribution >= 4 is 28.6 Å². The van der Waals surface area contributed by atoms with Gasteiger partial charge in [0.15, 0.2) is 17.3 Å². The number of aromatic nitrogens is 4. The van der Waals surface area contributed by atoms with Gasteiger partial charge in [-0.05, 0) is 35.2 Å². The summed E-state index contributed by atoms with van der Waals surface area (Å²) in [6.07, 6.45) is 0. The van der Waals surface area contributed by atoms with Crippen LogP contribution >= 0.6 is 0 Å². The van der Waals surface area contributed by atoms with Gasteiger partial charge in [-0.3, -0.25) is 19.1 Å². The van der Waals surface area contributed by atoms with E-state index in [1.807, 2.05) is 0 Å². The molecular formula is C25H24F3N7O4. The average molecular weight is 544 g/mol. The minimum absolute atomic E-state index is 0.0198. The van der Waals surface area contributed by atoms with Gasteiger partial charge in [0.05, 0.1) is 13.1 Å². The Labute approximate surface area is 219 Å². The van der Waals surface area contributed by atoms with E-state index in [0.29, 0.717) is 5.56 Å². The molecule has 1 atom stereocenters. The van der Waals surface area contributed by atoms with E-state index in [2.05, 4.69) is 25.9 Å². The van der Waals surface area contributed by atoms with Gasteiger partial charge in [-0.2, -0.15) is 5.10 Å². The zero-order chi connectivity index (χ0) is 28.5. The van der Waals surface area contributed by atoms with Crippen LogP contribution in [-0.2, 0) is 17.9 Å². The molecule has 4 rings (SSSR count). The summed E-state index contributed by atoms with van der Waals surface area (Å²) in [5.41, 5.74) is 4.29. The molecular weight excluding hydrogens is 519 g/mol. The van der Waals surface area contributed by atoms with E-state index < -0.39 is 52.5 Å². The quantitative estimate of drug-likeness (QED) is 0.308. The summed E-state index contributed by atoms with van der Waals surface area (Å²) >= 11 is 0. The van der Waals surface area contributed by atoms with E-state index in [1.165, 1.54) is 30.3 Å². The van der Waals surface area contributed by atoms with Crippen molar-refractivity contribution in [1.29, 1.82) is 0 Å². The molecule has 0 aliphatic heterocycles. The van der Waals surface area contributed by atoms with Crippen molar-refractivity contribution < 1.29 is 32.0 Å². The van der Waals surface area contributed by atoms with Gasteiger partial charge in [0.2, 0.25) is 11.8 Å². The van der Waals surface area contributed by atoms with Crippen molar-refractivity contribution in [1.82, 2.24) is 30.6 Å². The minimum atomic E-state index is -1.21. The first-order valence-corrected chi connectivity index (χ1v) is 11.6. The number of nitrogens with zero attached hydrogens (tertiary/aromatic N) is 4. The van der Waals surface area contributed by atoms with Gasteiger partial charge < -0.3 is 20.8 Å².